The average molecular weight is 316 g/mol. The van der Waals surface area contributed by atoms with Gasteiger partial charge < -0.3 is 5.32 Å². The van der Waals surface area contributed by atoms with Crippen LogP contribution in [0, 0.1) is 0 Å². The number of thioether (sulfide) groups is 1. The van der Waals surface area contributed by atoms with Crippen LogP contribution in [0.15, 0.2) is 29.3 Å². The first-order valence-corrected chi connectivity index (χ1v) is 7.98. The maximum atomic E-state index is 12.5. The van der Waals surface area contributed by atoms with Crippen molar-refractivity contribution in [3.05, 3.63) is 35.4 Å². The van der Waals surface area contributed by atoms with E-state index in [4.69, 9.17) is 0 Å². The van der Waals surface area contributed by atoms with Gasteiger partial charge in [-0.05, 0) is 30.5 Å². The molecule has 1 N–H and O–H groups in total. The monoisotopic (exact) mass is 316 g/mol. The van der Waals surface area contributed by atoms with Gasteiger partial charge in [0, 0.05) is 11.3 Å². The molecule has 6 heteroatoms. The zero-order valence-electron chi connectivity index (χ0n) is 12.1. The van der Waals surface area contributed by atoms with Crippen molar-refractivity contribution >= 4 is 16.9 Å². The number of nitrogens with zero attached hydrogens (tertiary/aromatic N) is 1. The van der Waals surface area contributed by atoms with Crippen molar-refractivity contribution in [1.29, 1.82) is 0 Å². The zero-order chi connectivity index (χ0) is 15.5. The van der Waals surface area contributed by atoms with Crippen molar-refractivity contribution in [3.63, 3.8) is 0 Å². The van der Waals surface area contributed by atoms with Crippen molar-refractivity contribution in [2.24, 2.45) is 4.99 Å². The largest absolute Gasteiger partial charge is 0.416 e. The molecule has 2 rings (SSSR count). The van der Waals surface area contributed by atoms with E-state index in [1.807, 2.05) is 0 Å². The molecule has 1 aliphatic rings. The lowest BCUT2D eigenvalue weighted by molar-refractivity contribution is -0.137. The van der Waals surface area contributed by atoms with Gasteiger partial charge in [0.15, 0.2) is 5.17 Å². The average Bonchev–Trinajstić information content (AvgIpc) is 2.89. The van der Waals surface area contributed by atoms with Crippen molar-refractivity contribution in [2.75, 3.05) is 5.75 Å². The van der Waals surface area contributed by atoms with Crippen molar-refractivity contribution < 1.29 is 13.2 Å². The van der Waals surface area contributed by atoms with Crippen molar-refractivity contribution in [3.8, 4) is 0 Å². The second kappa shape index (κ2) is 6.30. The fourth-order valence-corrected chi connectivity index (χ4v) is 3.52. The standard InChI is InChI=1S/C15H19F3N2S/c1-3-14(4-2)10-21-13(20-14)19-9-11-5-7-12(8-6-11)15(16,17)18/h5-8H,3-4,9-10H2,1-2H3,(H,19,20). The van der Waals surface area contributed by atoms with Crippen LogP contribution in [0.4, 0.5) is 13.2 Å². The van der Waals surface area contributed by atoms with Gasteiger partial charge in [-0.15, -0.1) is 0 Å². The topological polar surface area (TPSA) is 24.4 Å². The number of aliphatic imine (C=N–C) groups is 1. The summed E-state index contributed by atoms with van der Waals surface area (Å²) >= 11 is 1.68. The number of benzene rings is 1. The Balaban J connectivity index is 1.99. The molecule has 1 aromatic carbocycles. The summed E-state index contributed by atoms with van der Waals surface area (Å²) in [7, 11) is 0. The molecule has 0 atom stereocenters. The van der Waals surface area contributed by atoms with Crippen LogP contribution in [-0.4, -0.2) is 16.5 Å². The van der Waals surface area contributed by atoms with Crippen LogP contribution in [0.1, 0.15) is 37.8 Å². The Morgan fingerprint density at radius 1 is 1.19 bits per heavy atom. The highest BCUT2D eigenvalue weighted by Crippen LogP contribution is 2.30. The fourth-order valence-electron chi connectivity index (χ4n) is 2.18. The molecule has 0 radical (unpaired) electrons. The Kier molecular flexibility index (Phi) is 4.86. The summed E-state index contributed by atoms with van der Waals surface area (Å²) in [5.41, 5.74) is 0.274. The normalized spacial score (nSPS) is 19.8. The van der Waals surface area contributed by atoms with E-state index in [9.17, 15) is 13.2 Å². The molecule has 1 fully saturated rings. The van der Waals surface area contributed by atoms with E-state index in [1.54, 1.807) is 11.8 Å². The number of alkyl halides is 3. The van der Waals surface area contributed by atoms with Crippen LogP contribution in [0.2, 0.25) is 0 Å². The SMILES string of the molecule is CCC1(CC)CSC(=NCc2ccc(C(F)(F)F)cc2)N1. The Bertz CT molecular complexity index is 505. The van der Waals surface area contributed by atoms with Crippen LogP contribution in [-0.2, 0) is 12.7 Å². The molecular weight excluding hydrogens is 297 g/mol. The number of amidine groups is 1. The highest BCUT2D eigenvalue weighted by molar-refractivity contribution is 8.14. The summed E-state index contributed by atoms with van der Waals surface area (Å²) in [6.07, 6.45) is -2.21. The highest BCUT2D eigenvalue weighted by atomic mass is 32.2. The number of hydrogen-bond acceptors (Lipinski definition) is 2. The molecule has 0 amide bonds. The molecular formula is C15H19F3N2S. The van der Waals surface area contributed by atoms with Gasteiger partial charge >= 0.3 is 6.18 Å². The van der Waals surface area contributed by atoms with Gasteiger partial charge in [0.05, 0.1) is 12.1 Å². The lowest BCUT2D eigenvalue weighted by Gasteiger charge is -2.25. The molecule has 116 valence electrons. The fraction of sp³-hybridized carbons (Fsp3) is 0.533. The van der Waals surface area contributed by atoms with Crippen molar-refractivity contribution in [1.82, 2.24) is 5.32 Å². The van der Waals surface area contributed by atoms with Gasteiger partial charge in [-0.25, -0.2) is 0 Å². The predicted molar refractivity (Wildman–Crippen MR) is 81.5 cm³/mol. The molecule has 1 heterocycles. The number of rotatable bonds is 4. The summed E-state index contributed by atoms with van der Waals surface area (Å²) in [6.45, 7) is 4.70. The Morgan fingerprint density at radius 2 is 1.81 bits per heavy atom. The summed E-state index contributed by atoms with van der Waals surface area (Å²) < 4.78 is 37.4. The lowest BCUT2D eigenvalue weighted by Crippen LogP contribution is -2.42. The van der Waals surface area contributed by atoms with Gasteiger partial charge in [-0.3, -0.25) is 4.99 Å². The van der Waals surface area contributed by atoms with Crippen LogP contribution in [0.5, 0.6) is 0 Å². The third-order valence-corrected chi connectivity index (χ3v) is 5.10. The minimum absolute atomic E-state index is 0.115. The van der Waals surface area contributed by atoms with Gasteiger partial charge in [-0.2, -0.15) is 13.2 Å². The molecule has 2 nitrogen and oxygen atoms in total. The smallest absolute Gasteiger partial charge is 0.359 e. The molecule has 21 heavy (non-hydrogen) atoms. The maximum Gasteiger partial charge on any atom is 0.416 e. The van der Waals surface area contributed by atoms with Crippen LogP contribution < -0.4 is 5.32 Å². The summed E-state index contributed by atoms with van der Waals surface area (Å²) in [5.74, 6) is 0.992. The van der Waals surface area contributed by atoms with Crippen molar-refractivity contribution in [2.45, 2.75) is 44.9 Å². The van der Waals surface area contributed by atoms with E-state index in [0.717, 1.165) is 41.5 Å². The van der Waals surface area contributed by atoms with Crippen LogP contribution >= 0.6 is 11.8 Å². The zero-order valence-corrected chi connectivity index (χ0v) is 12.9. The Hall–Kier alpha value is -1.17. The van der Waals surface area contributed by atoms with Gasteiger partial charge in [0.2, 0.25) is 0 Å². The molecule has 1 saturated heterocycles. The lowest BCUT2D eigenvalue weighted by atomic mass is 9.96. The molecule has 0 aromatic heterocycles. The molecule has 1 aliphatic heterocycles. The van der Waals surface area contributed by atoms with Gasteiger partial charge in [0.25, 0.3) is 0 Å². The van der Waals surface area contributed by atoms with E-state index < -0.39 is 11.7 Å². The highest BCUT2D eigenvalue weighted by Gasteiger charge is 2.33. The Labute approximate surface area is 127 Å². The minimum atomic E-state index is -4.28. The molecule has 0 aliphatic carbocycles. The minimum Gasteiger partial charge on any atom is -0.359 e. The second-order valence-electron chi connectivity index (χ2n) is 5.22. The number of hydrogen-bond donors (Lipinski definition) is 1. The summed E-state index contributed by atoms with van der Waals surface area (Å²) in [4.78, 5) is 4.46. The van der Waals surface area contributed by atoms with E-state index in [-0.39, 0.29) is 5.54 Å². The van der Waals surface area contributed by atoms with E-state index >= 15 is 0 Å². The third-order valence-electron chi connectivity index (χ3n) is 3.90. The second-order valence-corrected chi connectivity index (χ2v) is 6.18. The maximum absolute atomic E-state index is 12.5. The van der Waals surface area contributed by atoms with Gasteiger partial charge in [-0.1, -0.05) is 37.7 Å². The first-order valence-electron chi connectivity index (χ1n) is 7.00. The summed E-state index contributed by atoms with van der Waals surface area (Å²) in [6, 6.07) is 5.18. The molecule has 0 spiro atoms. The first-order chi connectivity index (χ1) is 9.88. The first kappa shape index (κ1) is 16.2. The van der Waals surface area contributed by atoms with E-state index in [1.165, 1.54) is 12.1 Å². The third kappa shape index (κ3) is 3.93. The molecule has 1 aromatic rings. The molecule has 0 unspecified atom stereocenters. The van der Waals surface area contributed by atoms with Gasteiger partial charge in [0.1, 0.15) is 0 Å². The van der Waals surface area contributed by atoms with E-state index in [2.05, 4.69) is 24.2 Å². The molecule has 0 saturated carbocycles. The van der Waals surface area contributed by atoms with E-state index in [0.29, 0.717) is 6.54 Å². The predicted octanol–water partition coefficient (Wildman–Crippen LogP) is 4.46. The number of halogens is 3. The Morgan fingerprint density at radius 3 is 2.29 bits per heavy atom. The van der Waals surface area contributed by atoms with Crippen LogP contribution in [0.3, 0.4) is 0 Å². The van der Waals surface area contributed by atoms with Crippen LogP contribution in [0.25, 0.3) is 0 Å². The quantitative estimate of drug-likeness (QED) is 0.887. The molecule has 0 bridgehead atoms. The summed E-state index contributed by atoms with van der Waals surface area (Å²) in [5, 5.41) is 4.33. The number of nitrogens with one attached hydrogen (secondary N) is 1.